The number of amides is 1. The maximum Gasteiger partial charge on any atom is 0.411 e. The highest BCUT2D eigenvalue weighted by atomic mass is 19.1. The molecule has 10 nitrogen and oxygen atoms in total. The lowest BCUT2D eigenvalue weighted by atomic mass is 10.0. The number of aromatic nitrogens is 2. The van der Waals surface area contributed by atoms with Gasteiger partial charge in [-0.1, -0.05) is 53.7 Å². The lowest BCUT2D eigenvalue weighted by molar-refractivity contribution is 0.129. The van der Waals surface area contributed by atoms with Crippen molar-refractivity contribution in [2.45, 2.75) is 13.2 Å². The van der Waals surface area contributed by atoms with Gasteiger partial charge in [-0.05, 0) is 5.56 Å². The van der Waals surface area contributed by atoms with E-state index in [2.05, 4.69) is 20.1 Å². The van der Waals surface area contributed by atoms with Gasteiger partial charge in [0.05, 0.1) is 25.3 Å². The van der Waals surface area contributed by atoms with Crippen LogP contribution in [0.25, 0.3) is 11.1 Å². The summed E-state index contributed by atoms with van der Waals surface area (Å²) in [7, 11) is 0. The van der Waals surface area contributed by atoms with Crippen LogP contribution in [0, 0.1) is 5.82 Å². The van der Waals surface area contributed by atoms with Crippen molar-refractivity contribution >= 4 is 23.7 Å². The Morgan fingerprint density at radius 2 is 1.88 bits per heavy atom. The number of nitrogens with one attached hydrogen (secondary N) is 1. The largest absolute Gasteiger partial charge is 0.465 e. The number of halogens is 1. The molecule has 1 aliphatic rings. The third kappa shape index (κ3) is 5.63. The Labute approximate surface area is 194 Å². The van der Waals surface area contributed by atoms with Gasteiger partial charge in [0.2, 0.25) is 5.95 Å². The molecule has 4 N–H and O–H groups in total. The first-order valence-corrected chi connectivity index (χ1v) is 10.4. The van der Waals surface area contributed by atoms with Gasteiger partial charge < -0.3 is 20.6 Å². The fraction of sp³-hybridized carbons (Fsp3) is 0.174. The minimum atomic E-state index is -1.34. The highest BCUT2D eigenvalue weighted by Crippen LogP contribution is 2.26. The fourth-order valence-corrected chi connectivity index (χ4v) is 3.23. The second kappa shape index (κ2) is 10.4. The monoisotopic (exact) mass is 463 g/mol. The average molecular weight is 463 g/mol. The molecule has 1 fully saturated rings. The molecular formula is C23H22FN7O3. The van der Waals surface area contributed by atoms with Gasteiger partial charge in [0.15, 0.2) is 5.96 Å². The summed E-state index contributed by atoms with van der Waals surface area (Å²) in [4.78, 5) is 30.4. The second-order valence-electron chi connectivity index (χ2n) is 7.45. The summed E-state index contributed by atoms with van der Waals surface area (Å²) in [6.07, 6.45) is 1.76. The Kier molecular flexibility index (Phi) is 6.92. The van der Waals surface area contributed by atoms with Crippen LogP contribution in [0.1, 0.15) is 11.1 Å². The van der Waals surface area contributed by atoms with E-state index in [0.29, 0.717) is 36.8 Å². The minimum Gasteiger partial charge on any atom is -0.465 e. The Bertz CT molecular complexity index is 1210. The van der Waals surface area contributed by atoms with Crippen molar-refractivity contribution in [3.05, 3.63) is 77.9 Å². The summed E-state index contributed by atoms with van der Waals surface area (Å²) >= 11 is 0. The van der Waals surface area contributed by atoms with Crippen molar-refractivity contribution in [1.82, 2.24) is 15.3 Å². The predicted molar refractivity (Wildman–Crippen MR) is 125 cm³/mol. The molecule has 2 heterocycles. The Morgan fingerprint density at radius 1 is 1.15 bits per heavy atom. The molecule has 0 aliphatic carbocycles. The molecular weight excluding hydrogens is 441 g/mol. The first-order chi connectivity index (χ1) is 16.5. The number of nitrogens with zero attached hydrogens (tertiary/aromatic N) is 5. The van der Waals surface area contributed by atoms with Gasteiger partial charge in [0.1, 0.15) is 12.4 Å². The number of guanidine groups is 1. The van der Waals surface area contributed by atoms with Crippen LogP contribution in [0.3, 0.4) is 0 Å². The molecule has 0 bridgehead atoms. The van der Waals surface area contributed by atoms with E-state index in [9.17, 15) is 9.18 Å². The van der Waals surface area contributed by atoms with Crippen molar-refractivity contribution in [3.63, 3.8) is 0 Å². The maximum absolute atomic E-state index is 15.0. The van der Waals surface area contributed by atoms with Crippen molar-refractivity contribution in [2.24, 2.45) is 15.9 Å². The number of carbonyl (C=O) groups is 1. The molecule has 2 aromatic carbocycles. The summed E-state index contributed by atoms with van der Waals surface area (Å²) in [6, 6.07) is 14.6. The highest BCUT2D eigenvalue weighted by molar-refractivity contribution is 5.98. The maximum atomic E-state index is 15.0. The molecule has 1 saturated heterocycles. The zero-order valence-corrected chi connectivity index (χ0v) is 18.1. The van der Waals surface area contributed by atoms with E-state index < -0.39 is 11.9 Å². The van der Waals surface area contributed by atoms with Crippen LogP contribution in [0.4, 0.5) is 15.1 Å². The van der Waals surface area contributed by atoms with E-state index in [1.807, 2.05) is 40.5 Å². The summed E-state index contributed by atoms with van der Waals surface area (Å²) in [6.45, 7) is 1.41. The summed E-state index contributed by atoms with van der Waals surface area (Å²) < 4.78 is 15.0. The molecule has 3 aromatic rings. The number of benzene rings is 2. The van der Waals surface area contributed by atoms with Gasteiger partial charge in [-0.25, -0.2) is 24.1 Å². The number of nitrogens with two attached hydrogens (primary N) is 1. The molecule has 0 saturated carbocycles. The fourth-order valence-electron chi connectivity index (χ4n) is 3.23. The molecule has 0 spiro atoms. The van der Waals surface area contributed by atoms with Gasteiger partial charge in [-0.15, -0.1) is 0 Å². The lowest BCUT2D eigenvalue weighted by Gasteiger charge is -2.31. The van der Waals surface area contributed by atoms with Crippen LogP contribution < -0.4 is 16.0 Å². The Balaban J connectivity index is 1.35. The number of carboxylic acid groups (broad SMARTS) is 1. The van der Waals surface area contributed by atoms with Crippen molar-refractivity contribution in [1.29, 1.82) is 0 Å². The molecule has 34 heavy (non-hydrogen) atoms. The first kappa shape index (κ1) is 22.6. The zero-order valence-electron chi connectivity index (χ0n) is 18.1. The Hall–Kier alpha value is -4.54. The van der Waals surface area contributed by atoms with E-state index in [4.69, 9.17) is 15.7 Å². The van der Waals surface area contributed by atoms with Gasteiger partial charge in [-0.2, -0.15) is 0 Å². The third-order valence-electron chi connectivity index (χ3n) is 4.98. The zero-order chi connectivity index (χ0) is 23.9. The molecule has 0 unspecified atom stereocenters. The van der Waals surface area contributed by atoms with Crippen LogP contribution >= 0.6 is 0 Å². The van der Waals surface area contributed by atoms with Gasteiger partial charge >= 0.3 is 6.09 Å². The van der Waals surface area contributed by atoms with Crippen LogP contribution in [0.15, 0.2) is 71.1 Å². The number of hydrogen-bond donors (Lipinski definition) is 3. The molecule has 174 valence electrons. The van der Waals surface area contributed by atoms with Crippen molar-refractivity contribution in [3.8, 4) is 11.1 Å². The smallest absolute Gasteiger partial charge is 0.411 e. The normalized spacial score (nSPS) is 13.3. The highest BCUT2D eigenvalue weighted by Gasteiger charge is 2.25. The molecule has 1 aromatic heterocycles. The molecule has 0 radical (unpaired) electrons. The molecule has 1 amide bonds. The lowest BCUT2D eigenvalue weighted by Crippen LogP contribution is -2.48. The topological polar surface area (TPSA) is 138 Å². The van der Waals surface area contributed by atoms with E-state index in [0.717, 1.165) is 11.3 Å². The van der Waals surface area contributed by atoms with Gasteiger partial charge in [0.25, 0.3) is 0 Å². The van der Waals surface area contributed by atoms with Gasteiger partial charge in [0, 0.05) is 29.1 Å². The average Bonchev–Trinajstić information content (AvgIpc) is 2.80. The third-order valence-corrected chi connectivity index (χ3v) is 4.98. The van der Waals surface area contributed by atoms with Crippen molar-refractivity contribution in [2.75, 3.05) is 18.0 Å². The first-order valence-electron chi connectivity index (χ1n) is 10.4. The van der Waals surface area contributed by atoms with Crippen LogP contribution in [0.5, 0.6) is 0 Å². The number of rotatable bonds is 7. The number of aliphatic imine (C=N–C) groups is 1. The molecule has 11 heteroatoms. The van der Waals surface area contributed by atoms with Crippen molar-refractivity contribution < 1.29 is 19.1 Å². The number of anilines is 1. The minimum absolute atomic E-state index is 0.118. The molecule has 0 atom stereocenters. The van der Waals surface area contributed by atoms with Gasteiger partial charge in [-0.3, -0.25) is 5.32 Å². The molecule has 1 aliphatic heterocycles. The standard InChI is InChI=1S/C23H22FN7O3/c24-20-16(9-26-21(25)29-23(32)33)7-4-8-19(20)17-10-27-22(28-11-17)31-12-18(13-31)30-34-14-15-5-2-1-3-6-15/h1-8,10-11H,9,12-14H2,(H,32,33)(H3,25,26,29). The number of oxime groups is 1. The SMILES string of the molecule is NC(=NCc1cccc(-c2cnc(N3CC(=NOCc4ccccc4)C3)nc2)c1F)NC(=O)O. The van der Waals surface area contributed by atoms with E-state index >= 15 is 0 Å². The molecule has 4 rings (SSSR count). The van der Waals surface area contributed by atoms with Crippen LogP contribution in [-0.4, -0.2) is 45.9 Å². The number of hydrogen-bond acceptors (Lipinski definition) is 7. The second-order valence-corrected chi connectivity index (χ2v) is 7.45. The summed E-state index contributed by atoms with van der Waals surface area (Å²) in [5, 5.41) is 14.7. The Morgan fingerprint density at radius 3 is 2.59 bits per heavy atom. The summed E-state index contributed by atoms with van der Waals surface area (Å²) in [5.74, 6) is -0.299. The quantitative estimate of drug-likeness (QED) is 0.278. The van der Waals surface area contributed by atoms with E-state index in [1.165, 1.54) is 0 Å². The van der Waals surface area contributed by atoms with Crippen LogP contribution in [-0.2, 0) is 18.0 Å². The van der Waals surface area contributed by atoms with Crippen LogP contribution in [0.2, 0.25) is 0 Å². The summed E-state index contributed by atoms with van der Waals surface area (Å²) in [5.41, 5.74) is 8.45. The predicted octanol–water partition coefficient (Wildman–Crippen LogP) is 2.76. The van der Waals surface area contributed by atoms with E-state index in [1.54, 1.807) is 30.6 Å². The van der Waals surface area contributed by atoms with E-state index in [-0.39, 0.29) is 18.1 Å².